The van der Waals surface area contributed by atoms with Crippen LogP contribution in [-0.4, -0.2) is 40.0 Å². The monoisotopic (exact) mass is 363 g/mol. The van der Waals surface area contributed by atoms with Crippen molar-refractivity contribution in [3.05, 3.63) is 60.3 Å². The molecule has 6 heteroatoms. The minimum atomic E-state index is 0.0301. The number of para-hydroxylation sites is 2. The van der Waals surface area contributed by atoms with Crippen LogP contribution in [0.15, 0.2) is 54.7 Å². The number of benzene rings is 2. The summed E-state index contributed by atoms with van der Waals surface area (Å²) in [5, 5.41) is 1.79. The van der Waals surface area contributed by atoms with Gasteiger partial charge in [-0.25, -0.2) is 4.98 Å². The second-order valence-electron chi connectivity index (χ2n) is 6.52. The summed E-state index contributed by atoms with van der Waals surface area (Å²) in [5.74, 6) is 0.138. The second-order valence-corrected chi connectivity index (χ2v) is 7.52. The van der Waals surface area contributed by atoms with Gasteiger partial charge in [-0.2, -0.15) is 0 Å². The SMILES string of the molecule is O=C(Cc1c[nH]c2ccccc12)N1CC(Oc2nc3ccccc3s2)C1. The van der Waals surface area contributed by atoms with Gasteiger partial charge in [0.25, 0.3) is 5.19 Å². The molecule has 1 saturated heterocycles. The molecule has 0 aliphatic carbocycles. The molecule has 0 radical (unpaired) electrons. The predicted octanol–water partition coefficient (Wildman–Crippen LogP) is 3.61. The predicted molar refractivity (Wildman–Crippen MR) is 103 cm³/mol. The van der Waals surface area contributed by atoms with E-state index in [-0.39, 0.29) is 12.0 Å². The van der Waals surface area contributed by atoms with Crippen molar-refractivity contribution in [3.8, 4) is 5.19 Å². The van der Waals surface area contributed by atoms with Gasteiger partial charge in [-0.1, -0.05) is 41.7 Å². The molecule has 26 heavy (non-hydrogen) atoms. The number of hydrogen-bond acceptors (Lipinski definition) is 4. The number of aromatic amines is 1. The number of amides is 1. The van der Waals surface area contributed by atoms with Gasteiger partial charge in [-0.3, -0.25) is 4.79 Å². The summed E-state index contributed by atoms with van der Waals surface area (Å²) < 4.78 is 7.05. The summed E-state index contributed by atoms with van der Waals surface area (Å²) in [6.45, 7) is 1.24. The van der Waals surface area contributed by atoms with E-state index in [0.29, 0.717) is 24.7 Å². The van der Waals surface area contributed by atoms with E-state index in [2.05, 4.69) is 9.97 Å². The van der Waals surface area contributed by atoms with Crippen molar-refractivity contribution >= 4 is 38.4 Å². The average molecular weight is 363 g/mol. The maximum atomic E-state index is 12.5. The van der Waals surface area contributed by atoms with Gasteiger partial charge in [0.15, 0.2) is 0 Å². The van der Waals surface area contributed by atoms with Crippen molar-refractivity contribution in [2.75, 3.05) is 13.1 Å². The first-order valence-electron chi connectivity index (χ1n) is 8.61. The number of ether oxygens (including phenoxy) is 1. The number of fused-ring (bicyclic) bond motifs is 2. The molecule has 130 valence electrons. The fraction of sp³-hybridized carbons (Fsp3) is 0.200. The van der Waals surface area contributed by atoms with E-state index in [4.69, 9.17) is 4.74 Å². The standard InChI is InChI=1S/C20H17N3O2S/c24-19(9-13-10-21-16-6-2-1-5-15(13)16)23-11-14(12-23)25-20-22-17-7-3-4-8-18(17)26-20/h1-8,10,14,21H,9,11-12H2. The molecule has 1 N–H and O–H groups in total. The van der Waals surface area contributed by atoms with Gasteiger partial charge < -0.3 is 14.6 Å². The van der Waals surface area contributed by atoms with Crippen molar-refractivity contribution in [2.45, 2.75) is 12.5 Å². The molecule has 1 aliphatic rings. The Labute approximate surface area is 154 Å². The van der Waals surface area contributed by atoms with Crippen LogP contribution in [0, 0.1) is 0 Å². The Hall–Kier alpha value is -2.86. The van der Waals surface area contributed by atoms with E-state index in [0.717, 1.165) is 26.7 Å². The zero-order chi connectivity index (χ0) is 17.5. The Morgan fingerprint density at radius 1 is 1.19 bits per heavy atom. The lowest BCUT2D eigenvalue weighted by Gasteiger charge is -2.38. The Morgan fingerprint density at radius 2 is 2.00 bits per heavy atom. The number of likely N-dealkylation sites (tertiary alicyclic amines) is 1. The minimum absolute atomic E-state index is 0.0301. The van der Waals surface area contributed by atoms with Crippen LogP contribution >= 0.6 is 11.3 Å². The number of carbonyl (C=O) groups excluding carboxylic acids is 1. The lowest BCUT2D eigenvalue weighted by atomic mass is 10.1. The molecule has 1 fully saturated rings. The number of nitrogens with zero attached hydrogens (tertiary/aromatic N) is 2. The van der Waals surface area contributed by atoms with Crippen molar-refractivity contribution < 1.29 is 9.53 Å². The molecule has 0 spiro atoms. The summed E-state index contributed by atoms with van der Waals surface area (Å²) in [5.41, 5.74) is 3.07. The number of nitrogens with one attached hydrogen (secondary N) is 1. The van der Waals surface area contributed by atoms with Crippen molar-refractivity contribution in [1.29, 1.82) is 0 Å². The van der Waals surface area contributed by atoms with E-state index in [9.17, 15) is 4.79 Å². The van der Waals surface area contributed by atoms with Crippen LogP contribution < -0.4 is 4.74 Å². The van der Waals surface area contributed by atoms with Crippen LogP contribution in [0.2, 0.25) is 0 Å². The second kappa shape index (κ2) is 6.14. The van der Waals surface area contributed by atoms with E-state index < -0.39 is 0 Å². The largest absolute Gasteiger partial charge is 0.463 e. The summed E-state index contributed by atoms with van der Waals surface area (Å²) in [7, 11) is 0. The van der Waals surface area contributed by atoms with Crippen LogP contribution in [0.3, 0.4) is 0 Å². The number of H-pyrrole nitrogens is 1. The van der Waals surface area contributed by atoms with Gasteiger partial charge >= 0.3 is 0 Å². The quantitative estimate of drug-likeness (QED) is 0.603. The van der Waals surface area contributed by atoms with Gasteiger partial charge in [0.05, 0.1) is 29.7 Å². The van der Waals surface area contributed by atoms with Gasteiger partial charge in [0.1, 0.15) is 6.10 Å². The molecule has 1 amide bonds. The number of thiazole rings is 1. The lowest BCUT2D eigenvalue weighted by Crippen LogP contribution is -2.56. The highest BCUT2D eigenvalue weighted by molar-refractivity contribution is 7.20. The number of carbonyl (C=O) groups is 1. The Balaban J connectivity index is 1.20. The van der Waals surface area contributed by atoms with E-state index >= 15 is 0 Å². The van der Waals surface area contributed by atoms with Crippen LogP contribution in [0.5, 0.6) is 5.19 Å². The highest BCUT2D eigenvalue weighted by Crippen LogP contribution is 2.29. The van der Waals surface area contributed by atoms with Crippen LogP contribution in [0.4, 0.5) is 0 Å². The third-order valence-electron chi connectivity index (χ3n) is 4.76. The van der Waals surface area contributed by atoms with Crippen molar-refractivity contribution in [3.63, 3.8) is 0 Å². The maximum absolute atomic E-state index is 12.5. The zero-order valence-corrected chi connectivity index (χ0v) is 14.8. The molecule has 0 atom stereocenters. The average Bonchev–Trinajstić information content (AvgIpc) is 3.21. The van der Waals surface area contributed by atoms with Crippen LogP contribution in [0.25, 0.3) is 21.1 Å². The molecule has 5 nitrogen and oxygen atoms in total. The van der Waals surface area contributed by atoms with E-state index in [1.807, 2.05) is 59.6 Å². The van der Waals surface area contributed by atoms with Crippen molar-refractivity contribution in [2.24, 2.45) is 0 Å². The number of aromatic nitrogens is 2. The van der Waals surface area contributed by atoms with Gasteiger partial charge in [0.2, 0.25) is 5.91 Å². The Bertz CT molecular complexity index is 1060. The summed E-state index contributed by atoms with van der Waals surface area (Å²) in [6, 6.07) is 16.0. The minimum Gasteiger partial charge on any atom is -0.463 e. The van der Waals surface area contributed by atoms with Crippen LogP contribution in [-0.2, 0) is 11.2 Å². The zero-order valence-electron chi connectivity index (χ0n) is 14.0. The van der Waals surface area contributed by atoms with E-state index in [1.165, 1.54) is 0 Å². The fourth-order valence-corrected chi connectivity index (χ4v) is 4.19. The third kappa shape index (κ3) is 2.72. The maximum Gasteiger partial charge on any atom is 0.274 e. The molecule has 4 aromatic rings. The van der Waals surface area contributed by atoms with Gasteiger partial charge in [-0.05, 0) is 23.8 Å². The van der Waals surface area contributed by atoms with Gasteiger partial charge in [-0.15, -0.1) is 0 Å². The molecule has 0 bridgehead atoms. The Morgan fingerprint density at radius 3 is 2.88 bits per heavy atom. The normalized spacial score (nSPS) is 14.7. The molecule has 1 aliphatic heterocycles. The smallest absolute Gasteiger partial charge is 0.274 e. The molecule has 0 unspecified atom stereocenters. The van der Waals surface area contributed by atoms with Crippen molar-refractivity contribution in [1.82, 2.24) is 14.9 Å². The first-order chi connectivity index (χ1) is 12.8. The lowest BCUT2D eigenvalue weighted by molar-refractivity contribution is -0.139. The summed E-state index contributed by atoms with van der Waals surface area (Å²) >= 11 is 1.55. The number of rotatable bonds is 4. The summed E-state index contributed by atoms with van der Waals surface area (Å²) in [4.78, 5) is 22.1. The molecular weight excluding hydrogens is 346 g/mol. The third-order valence-corrected chi connectivity index (χ3v) is 5.69. The first kappa shape index (κ1) is 15.4. The molecule has 2 aromatic carbocycles. The topological polar surface area (TPSA) is 58.2 Å². The van der Waals surface area contributed by atoms with Gasteiger partial charge in [0, 0.05) is 17.1 Å². The van der Waals surface area contributed by atoms with Crippen LogP contribution in [0.1, 0.15) is 5.56 Å². The fourth-order valence-electron chi connectivity index (χ4n) is 3.31. The Kier molecular flexibility index (Phi) is 3.64. The number of hydrogen-bond donors (Lipinski definition) is 1. The highest BCUT2D eigenvalue weighted by Gasteiger charge is 2.33. The molecule has 3 heterocycles. The molecule has 2 aromatic heterocycles. The molecule has 5 rings (SSSR count). The van der Waals surface area contributed by atoms with E-state index in [1.54, 1.807) is 11.3 Å². The molecule has 0 saturated carbocycles. The first-order valence-corrected chi connectivity index (χ1v) is 9.43. The highest BCUT2D eigenvalue weighted by atomic mass is 32.1. The summed E-state index contributed by atoms with van der Waals surface area (Å²) in [6.07, 6.45) is 2.37. The molecular formula is C20H17N3O2S.